The van der Waals surface area contributed by atoms with Crippen molar-refractivity contribution < 1.29 is 14.7 Å². The Morgan fingerprint density at radius 3 is 2.43 bits per heavy atom. The molecule has 2 aliphatic rings. The van der Waals surface area contributed by atoms with Crippen molar-refractivity contribution in [3.05, 3.63) is 0 Å². The van der Waals surface area contributed by atoms with Crippen molar-refractivity contribution in [1.82, 2.24) is 10.2 Å². The third-order valence-corrected chi connectivity index (χ3v) is 5.20. The molecular weight excluding hydrogens is 268 g/mol. The summed E-state index contributed by atoms with van der Waals surface area (Å²) in [5.41, 5.74) is 0. The Kier molecular flexibility index (Phi) is 5.48. The van der Waals surface area contributed by atoms with E-state index in [-0.39, 0.29) is 18.0 Å². The SMILES string of the molecule is CCC1CCC(NC(=O)N2CCCC(C)C2C(=O)O)CC1. The van der Waals surface area contributed by atoms with Gasteiger partial charge in [-0.05, 0) is 50.4 Å². The smallest absolute Gasteiger partial charge is 0.326 e. The van der Waals surface area contributed by atoms with Gasteiger partial charge in [-0.1, -0.05) is 20.3 Å². The van der Waals surface area contributed by atoms with Gasteiger partial charge in [0, 0.05) is 12.6 Å². The van der Waals surface area contributed by atoms with Gasteiger partial charge in [-0.15, -0.1) is 0 Å². The predicted molar refractivity (Wildman–Crippen MR) is 81.1 cm³/mol. The summed E-state index contributed by atoms with van der Waals surface area (Å²) in [5.74, 6) is -0.0650. The molecule has 120 valence electrons. The summed E-state index contributed by atoms with van der Waals surface area (Å²) in [5, 5.41) is 12.4. The zero-order valence-electron chi connectivity index (χ0n) is 13.2. The quantitative estimate of drug-likeness (QED) is 0.841. The molecule has 1 saturated carbocycles. The fraction of sp³-hybridized carbons (Fsp3) is 0.875. The molecule has 1 aliphatic carbocycles. The van der Waals surface area contributed by atoms with Crippen LogP contribution in [0.2, 0.25) is 0 Å². The molecule has 0 bridgehead atoms. The van der Waals surface area contributed by atoms with E-state index in [2.05, 4.69) is 12.2 Å². The van der Waals surface area contributed by atoms with Gasteiger partial charge in [0.25, 0.3) is 0 Å². The molecule has 0 spiro atoms. The van der Waals surface area contributed by atoms with Crippen LogP contribution >= 0.6 is 0 Å². The van der Waals surface area contributed by atoms with Gasteiger partial charge in [0.1, 0.15) is 6.04 Å². The maximum atomic E-state index is 12.4. The highest BCUT2D eigenvalue weighted by Gasteiger charge is 2.37. The van der Waals surface area contributed by atoms with Crippen molar-refractivity contribution >= 4 is 12.0 Å². The maximum absolute atomic E-state index is 12.4. The summed E-state index contributed by atoms with van der Waals surface area (Å²) >= 11 is 0. The molecule has 1 aliphatic heterocycles. The van der Waals surface area contributed by atoms with E-state index >= 15 is 0 Å². The van der Waals surface area contributed by atoms with Crippen molar-refractivity contribution in [2.24, 2.45) is 11.8 Å². The molecule has 5 nitrogen and oxygen atoms in total. The Bertz CT molecular complexity index is 378. The van der Waals surface area contributed by atoms with E-state index < -0.39 is 12.0 Å². The van der Waals surface area contributed by atoms with Crippen LogP contribution in [0.4, 0.5) is 4.79 Å². The lowest BCUT2D eigenvalue weighted by atomic mass is 9.84. The summed E-state index contributed by atoms with van der Waals surface area (Å²) in [4.78, 5) is 25.4. The van der Waals surface area contributed by atoms with Crippen LogP contribution in [0.25, 0.3) is 0 Å². The van der Waals surface area contributed by atoms with Crippen LogP contribution < -0.4 is 5.32 Å². The van der Waals surface area contributed by atoms with E-state index in [1.165, 1.54) is 24.2 Å². The van der Waals surface area contributed by atoms with E-state index in [4.69, 9.17) is 0 Å². The van der Waals surface area contributed by atoms with Crippen LogP contribution in [0, 0.1) is 11.8 Å². The highest BCUT2D eigenvalue weighted by molar-refractivity contribution is 5.83. The summed E-state index contributed by atoms with van der Waals surface area (Å²) < 4.78 is 0. The van der Waals surface area contributed by atoms with Crippen molar-refractivity contribution in [3.8, 4) is 0 Å². The number of carbonyl (C=O) groups is 2. The van der Waals surface area contributed by atoms with Crippen molar-refractivity contribution in [3.63, 3.8) is 0 Å². The highest BCUT2D eigenvalue weighted by Crippen LogP contribution is 2.27. The first-order valence-electron chi connectivity index (χ1n) is 8.32. The average Bonchev–Trinajstić information content (AvgIpc) is 2.47. The van der Waals surface area contributed by atoms with Gasteiger partial charge in [-0.2, -0.15) is 0 Å². The summed E-state index contributed by atoms with van der Waals surface area (Å²) in [6.45, 7) is 4.69. The number of urea groups is 1. The Labute approximate surface area is 127 Å². The minimum Gasteiger partial charge on any atom is -0.480 e. The van der Waals surface area contributed by atoms with Crippen LogP contribution in [0.3, 0.4) is 0 Å². The predicted octanol–water partition coefficient (Wildman–Crippen LogP) is 2.85. The summed E-state index contributed by atoms with van der Waals surface area (Å²) in [7, 11) is 0. The summed E-state index contributed by atoms with van der Waals surface area (Å²) in [6.07, 6.45) is 7.35. The van der Waals surface area contributed by atoms with Gasteiger partial charge in [0.2, 0.25) is 0 Å². The molecule has 2 fully saturated rings. The van der Waals surface area contributed by atoms with Gasteiger partial charge in [0.15, 0.2) is 0 Å². The third kappa shape index (κ3) is 3.89. The molecule has 1 heterocycles. The van der Waals surface area contributed by atoms with Gasteiger partial charge in [-0.3, -0.25) is 0 Å². The topological polar surface area (TPSA) is 69.6 Å². The van der Waals surface area contributed by atoms with Crippen molar-refractivity contribution in [1.29, 1.82) is 0 Å². The molecule has 2 atom stereocenters. The second kappa shape index (κ2) is 7.14. The number of hydrogen-bond donors (Lipinski definition) is 2. The Morgan fingerprint density at radius 2 is 1.86 bits per heavy atom. The normalized spacial score (nSPS) is 33.5. The number of nitrogens with one attached hydrogen (secondary N) is 1. The molecular formula is C16H28N2O3. The molecule has 2 N–H and O–H groups in total. The van der Waals surface area contributed by atoms with Crippen LogP contribution in [0.15, 0.2) is 0 Å². The molecule has 0 radical (unpaired) electrons. The van der Waals surface area contributed by atoms with Crippen LogP contribution in [0.1, 0.15) is 58.8 Å². The molecule has 2 unspecified atom stereocenters. The molecule has 1 saturated heterocycles. The Morgan fingerprint density at radius 1 is 1.19 bits per heavy atom. The monoisotopic (exact) mass is 296 g/mol. The number of carboxylic acid groups (broad SMARTS) is 1. The van der Waals surface area contributed by atoms with Crippen LogP contribution in [-0.4, -0.2) is 40.6 Å². The lowest BCUT2D eigenvalue weighted by Gasteiger charge is -2.38. The minimum absolute atomic E-state index is 0.0258. The number of carboxylic acids is 1. The minimum atomic E-state index is -0.882. The fourth-order valence-electron chi connectivity index (χ4n) is 3.76. The number of piperidine rings is 1. The first kappa shape index (κ1) is 16.1. The van der Waals surface area contributed by atoms with Gasteiger partial charge < -0.3 is 15.3 Å². The Balaban J connectivity index is 1.91. The third-order valence-electron chi connectivity index (χ3n) is 5.20. The van der Waals surface area contributed by atoms with E-state index in [9.17, 15) is 14.7 Å². The maximum Gasteiger partial charge on any atom is 0.326 e. The molecule has 0 aromatic carbocycles. The van der Waals surface area contributed by atoms with E-state index in [0.29, 0.717) is 6.54 Å². The first-order chi connectivity index (χ1) is 10.0. The summed E-state index contributed by atoms with van der Waals surface area (Å²) in [6, 6.07) is -0.647. The number of carbonyl (C=O) groups excluding carboxylic acids is 1. The highest BCUT2D eigenvalue weighted by atomic mass is 16.4. The largest absolute Gasteiger partial charge is 0.480 e. The lowest BCUT2D eigenvalue weighted by molar-refractivity contribution is -0.145. The van der Waals surface area contributed by atoms with E-state index in [1.807, 2.05) is 6.92 Å². The van der Waals surface area contributed by atoms with Crippen molar-refractivity contribution in [2.75, 3.05) is 6.54 Å². The first-order valence-corrected chi connectivity index (χ1v) is 8.32. The van der Waals surface area contributed by atoms with Crippen LogP contribution in [-0.2, 0) is 4.79 Å². The molecule has 0 aromatic rings. The zero-order chi connectivity index (χ0) is 15.4. The van der Waals surface area contributed by atoms with E-state index in [1.54, 1.807) is 0 Å². The average molecular weight is 296 g/mol. The molecule has 5 heteroatoms. The number of likely N-dealkylation sites (tertiary alicyclic amines) is 1. The van der Waals surface area contributed by atoms with Crippen molar-refractivity contribution in [2.45, 2.75) is 70.9 Å². The van der Waals surface area contributed by atoms with Gasteiger partial charge >= 0.3 is 12.0 Å². The van der Waals surface area contributed by atoms with Gasteiger partial charge in [0.05, 0.1) is 0 Å². The van der Waals surface area contributed by atoms with E-state index in [0.717, 1.165) is 31.6 Å². The number of aliphatic carboxylic acids is 1. The lowest BCUT2D eigenvalue weighted by Crippen LogP contribution is -2.56. The molecule has 2 rings (SSSR count). The molecule has 21 heavy (non-hydrogen) atoms. The standard InChI is InChI=1S/C16H28N2O3/c1-3-12-6-8-13(9-7-12)17-16(21)18-10-4-5-11(2)14(18)15(19)20/h11-14H,3-10H2,1-2H3,(H,17,21)(H,19,20). The molecule has 2 amide bonds. The number of hydrogen-bond acceptors (Lipinski definition) is 2. The number of rotatable bonds is 3. The number of amides is 2. The Hall–Kier alpha value is -1.26. The fourth-order valence-corrected chi connectivity index (χ4v) is 3.76. The second-order valence-corrected chi connectivity index (χ2v) is 6.67. The zero-order valence-corrected chi connectivity index (χ0v) is 13.2. The van der Waals surface area contributed by atoms with Crippen LogP contribution in [0.5, 0.6) is 0 Å². The second-order valence-electron chi connectivity index (χ2n) is 6.67. The number of nitrogens with zero attached hydrogens (tertiary/aromatic N) is 1. The molecule has 0 aromatic heterocycles. The van der Waals surface area contributed by atoms with Gasteiger partial charge in [-0.25, -0.2) is 9.59 Å².